The Kier molecular flexibility index (Phi) is 4.59. The molecular weight excluding hydrogens is 280 g/mol. The number of rotatable bonds is 5. The van der Waals surface area contributed by atoms with Crippen LogP contribution in [0.3, 0.4) is 0 Å². The zero-order chi connectivity index (χ0) is 16.3. The van der Waals surface area contributed by atoms with Crippen LogP contribution in [0, 0.1) is 0 Å². The molecule has 0 radical (unpaired) electrons. The fourth-order valence-electron chi connectivity index (χ4n) is 2.23. The maximum Gasteiger partial charge on any atom is 0.371 e. The van der Waals surface area contributed by atoms with Gasteiger partial charge in [0.1, 0.15) is 18.1 Å². The fraction of sp³-hybridized carbons (Fsp3) is 0.389. The van der Waals surface area contributed by atoms with Crippen LogP contribution in [0.25, 0.3) is 0 Å². The average Bonchev–Trinajstić information content (AvgIpc) is 2.93. The second-order valence-electron chi connectivity index (χ2n) is 6.29. The summed E-state index contributed by atoms with van der Waals surface area (Å²) in [4.78, 5) is 10.8. The molecule has 2 aromatic rings. The number of benzene rings is 1. The molecule has 4 heteroatoms. The highest BCUT2D eigenvalue weighted by Gasteiger charge is 2.20. The lowest BCUT2D eigenvalue weighted by Gasteiger charge is -2.23. The highest BCUT2D eigenvalue weighted by atomic mass is 16.5. The topological polar surface area (TPSA) is 59.7 Å². The first-order valence-electron chi connectivity index (χ1n) is 7.39. The minimum atomic E-state index is -1.08. The van der Waals surface area contributed by atoms with Crippen molar-refractivity contribution in [1.29, 1.82) is 0 Å². The summed E-state index contributed by atoms with van der Waals surface area (Å²) in [7, 11) is 0. The van der Waals surface area contributed by atoms with Crippen LogP contribution in [-0.2, 0) is 18.4 Å². The van der Waals surface area contributed by atoms with Crippen molar-refractivity contribution in [2.45, 2.75) is 46.1 Å². The van der Waals surface area contributed by atoms with Crippen molar-refractivity contribution >= 4 is 5.97 Å². The van der Waals surface area contributed by atoms with Crippen molar-refractivity contribution < 1.29 is 19.1 Å². The monoisotopic (exact) mass is 302 g/mol. The Morgan fingerprint density at radius 3 is 2.50 bits per heavy atom. The van der Waals surface area contributed by atoms with Gasteiger partial charge in [0.05, 0.1) is 0 Å². The van der Waals surface area contributed by atoms with E-state index in [-0.39, 0.29) is 17.8 Å². The minimum Gasteiger partial charge on any atom is -0.485 e. The van der Waals surface area contributed by atoms with Crippen LogP contribution in [0.5, 0.6) is 5.75 Å². The van der Waals surface area contributed by atoms with Gasteiger partial charge in [-0.15, -0.1) is 0 Å². The van der Waals surface area contributed by atoms with Gasteiger partial charge in [-0.05, 0) is 41.2 Å². The van der Waals surface area contributed by atoms with E-state index in [9.17, 15) is 4.79 Å². The van der Waals surface area contributed by atoms with Gasteiger partial charge in [0.25, 0.3) is 0 Å². The number of hydrogen-bond acceptors (Lipinski definition) is 3. The summed E-state index contributed by atoms with van der Waals surface area (Å²) in [5, 5.41) is 8.86. The van der Waals surface area contributed by atoms with Gasteiger partial charge in [0.2, 0.25) is 5.76 Å². The Labute approximate surface area is 130 Å². The molecule has 1 aromatic heterocycles. The summed E-state index contributed by atoms with van der Waals surface area (Å²) in [6.07, 6.45) is 0.976. The molecule has 0 unspecified atom stereocenters. The maximum absolute atomic E-state index is 10.8. The van der Waals surface area contributed by atoms with Gasteiger partial charge in [-0.25, -0.2) is 4.79 Å². The predicted octanol–water partition coefficient (Wildman–Crippen LogP) is 4.42. The normalized spacial score (nSPS) is 11.5. The summed E-state index contributed by atoms with van der Waals surface area (Å²) in [5.74, 6) is 0.153. The Hall–Kier alpha value is -2.23. The van der Waals surface area contributed by atoms with Crippen molar-refractivity contribution in [1.82, 2.24) is 0 Å². The van der Waals surface area contributed by atoms with E-state index in [4.69, 9.17) is 14.3 Å². The fourth-order valence-corrected chi connectivity index (χ4v) is 2.23. The van der Waals surface area contributed by atoms with Gasteiger partial charge < -0.3 is 14.3 Å². The van der Waals surface area contributed by atoms with E-state index >= 15 is 0 Å². The summed E-state index contributed by atoms with van der Waals surface area (Å²) in [6.45, 7) is 8.76. The number of aromatic carboxylic acids is 1. The van der Waals surface area contributed by atoms with Crippen LogP contribution in [0.2, 0.25) is 0 Å². The zero-order valence-corrected chi connectivity index (χ0v) is 13.5. The standard InChI is InChI=1S/C18H22O4/c1-5-12-6-8-15(14(10-12)18(2,3)4)21-11-13-7-9-16(22-13)17(19)20/h6-10H,5,11H2,1-4H3,(H,19,20). The summed E-state index contributed by atoms with van der Waals surface area (Å²) in [5.41, 5.74) is 2.37. The van der Waals surface area contributed by atoms with E-state index in [1.807, 2.05) is 6.07 Å². The summed E-state index contributed by atoms with van der Waals surface area (Å²) < 4.78 is 11.1. The Bertz CT molecular complexity index is 662. The average molecular weight is 302 g/mol. The van der Waals surface area contributed by atoms with E-state index < -0.39 is 5.97 Å². The number of carboxylic acid groups (broad SMARTS) is 1. The quantitative estimate of drug-likeness (QED) is 0.888. The molecule has 0 aliphatic carbocycles. The van der Waals surface area contributed by atoms with E-state index in [0.29, 0.717) is 5.76 Å². The lowest BCUT2D eigenvalue weighted by Crippen LogP contribution is -2.14. The van der Waals surface area contributed by atoms with Gasteiger partial charge in [0, 0.05) is 0 Å². The van der Waals surface area contributed by atoms with Gasteiger partial charge in [0.15, 0.2) is 0 Å². The molecule has 0 aliphatic heterocycles. The van der Waals surface area contributed by atoms with E-state index in [1.54, 1.807) is 6.07 Å². The van der Waals surface area contributed by atoms with Crippen molar-refractivity contribution in [2.75, 3.05) is 0 Å². The Morgan fingerprint density at radius 1 is 1.23 bits per heavy atom. The number of aryl methyl sites for hydroxylation is 1. The summed E-state index contributed by atoms with van der Waals surface area (Å²) in [6, 6.07) is 9.25. The van der Waals surface area contributed by atoms with Crippen LogP contribution >= 0.6 is 0 Å². The molecule has 0 aliphatic rings. The van der Waals surface area contributed by atoms with Crippen LogP contribution in [-0.4, -0.2) is 11.1 Å². The van der Waals surface area contributed by atoms with Crippen molar-refractivity contribution in [3.05, 3.63) is 53.0 Å². The van der Waals surface area contributed by atoms with E-state index in [1.165, 1.54) is 11.6 Å². The van der Waals surface area contributed by atoms with Crippen molar-refractivity contribution in [3.8, 4) is 5.75 Å². The molecule has 0 atom stereocenters. The third-order valence-electron chi connectivity index (χ3n) is 3.50. The molecule has 1 N–H and O–H groups in total. The van der Waals surface area contributed by atoms with Crippen LogP contribution < -0.4 is 4.74 Å². The number of carbonyl (C=O) groups is 1. The first kappa shape index (κ1) is 16.1. The van der Waals surface area contributed by atoms with Crippen molar-refractivity contribution in [2.24, 2.45) is 0 Å². The highest BCUT2D eigenvalue weighted by Crippen LogP contribution is 2.33. The first-order valence-corrected chi connectivity index (χ1v) is 7.39. The third kappa shape index (κ3) is 3.70. The molecule has 0 amide bonds. The molecule has 0 saturated heterocycles. The molecule has 0 fully saturated rings. The number of carboxylic acids is 1. The van der Waals surface area contributed by atoms with Crippen LogP contribution in [0.1, 0.15) is 55.1 Å². The molecule has 1 aromatic carbocycles. The number of ether oxygens (including phenoxy) is 1. The zero-order valence-electron chi connectivity index (χ0n) is 13.5. The molecular formula is C18H22O4. The molecule has 118 valence electrons. The lowest BCUT2D eigenvalue weighted by atomic mass is 9.85. The Balaban J connectivity index is 2.19. The van der Waals surface area contributed by atoms with Crippen molar-refractivity contribution in [3.63, 3.8) is 0 Å². The first-order chi connectivity index (χ1) is 10.3. The molecule has 0 saturated carbocycles. The predicted molar refractivity (Wildman–Crippen MR) is 84.5 cm³/mol. The van der Waals surface area contributed by atoms with Gasteiger partial charge in [-0.3, -0.25) is 0 Å². The molecule has 0 bridgehead atoms. The number of hydrogen-bond donors (Lipinski definition) is 1. The molecule has 2 rings (SSSR count). The molecule has 4 nitrogen and oxygen atoms in total. The largest absolute Gasteiger partial charge is 0.485 e. The highest BCUT2D eigenvalue weighted by molar-refractivity contribution is 5.84. The molecule has 1 heterocycles. The van der Waals surface area contributed by atoms with Gasteiger partial charge in [-0.1, -0.05) is 39.8 Å². The Morgan fingerprint density at radius 2 is 1.95 bits per heavy atom. The SMILES string of the molecule is CCc1ccc(OCc2ccc(C(=O)O)o2)c(C(C)(C)C)c1. The lowest BCUT2D eigenvalue weighted by molar-refractivity contribution is 0.0658. The van der Waals surface area contributed by atoms with Gasteiger partial charge in [-0.2, -0.15) is 0 Å². The van der Waals surface area contributed by atoms with E-state index in [2.05, 4.69) is 39.8 Å². The number of furan rings is 1. The minimum absolute atomic E-state index is 0.0318. The molecule has 0 spiro atoms. The second kappa shape index (κ2) is 6.26. The summed E-state index contributed by atoms with van der Waals surface area (Å²) >= 11 is 0. The van der Waals surface area contributed by atoms with Gasteiger partial charge >= 0.3 is 5.97 Å². The third-order valence-corrected chi connectivity index (χ3v) is 3.50. The van der Waals surface area contributed by atoms with Crippen LogP contribution in [0.15, 0.2) is 34.7 Å². The smallest absolute Gasteiger partial charge is 0.371 e. The van der Waals surface area contributed by atoms with E-state index in [0.717, 1.165) is 17.7 Å². The molecule has 22 heavy (non-hydrogen) atoms. The maximum atomic E-state index is 10.8. The second-order valence-corrected chi connectivity index (χ2v) is 6.29. The van der Waals surface area contributed by atoms with Crippen LogP contribution in [0.4, 0.5) is 0 Å².